The molecular weight excluding hydrogens is 313 g/mol. The second-order valence-electron chi connectivity index (χ2n) is 4.58. The highest BCUT2D eigenvalue weighted by Crippen LogP contribution is 2.20. The highest BCUT2D eigenvalue weighted by atomic mass is 32.2. The number of nitrogens with two attached hydrogens (primary N) is 1. The average Bonchev–Trinajstić information content (AvgIpc) is 2.99. The van der Waals surface area contributed by atoms with Gasteiger partial charge in [0.05, 0.1) is 9.90 Å². The van der Waals surface area contributed by atoms with Crippen molar-refractivity contribution in [2.45, 2.75) is 24.3 Å². The van der Waals surface area contributed by atoms with Gasteiger partial charge in [-0.1, -0.05) is 13.0 Å². The van der Waals surface area contributed by atoms with Gasteiger partial charge in [-0.15, -0.1) is 11.3 Å². The molecule has 8 heteroatoms. The van der Waals surface area contributed by atoms with Gasteiger partial charge in [-0.2, -0.15) is 0 Å². The minimum absolute atomic E-state index is 0.0263. The molecule has 2 rings (SSSR count). The normalized spacial score (nSPS) is 13.3. The van der Waals surface area contributed by atoms with Crippen LogP contribution in [0.5, 0.6) is 0 Å². The largest absolute Gasteiger partial charge is 0.326 e. The summed E-state index contributed by atoms with van der Waals surface area (Å²) in [7, 11) is -3.80. The van der Waals surface area contributed by atoms with Crippen molar-refractivity contribution in [3.05, 3.63) is 46.2 Å². The Morgan fingerprint density at radius 1 is 1.48 bits per heavy atom. The predicted octanol–water partition coefficient (Wildman–Crippen LogP) is 1.82. The zero-order chi connectivity index (χ0) is 15.5. The molecule has 1 unspecified atom stereocenters. The fraction of sp³-hybridized carbons (Fsp3) is 0.308. The van der Waals surface area contributed by atoms with E-state index in [0.717, 1.165) is 11.1 Å². The number of nitrogens with one attached hydrogen (secondary N) is 1. The topological polar surface area (TPSA) is 85.1 Å². The van der Waals surface area contributed by atoms with Crippen LogP contribution in [-0.2, 0) is 16.6 Å². The molecule has 0 bridgehead atoms. The molecule has 1 atom stereocenters. The van der Waals surface area contributed by atoms with Crippen molar-refractivity contribution in [1.29, 1.82) is 0 Å². The highest BCUT2D eigenvalue weighted by Gasteiger charge is 2.20. The molecule has 0 radical (unpaired) electrons. The highest BCUT2D eigenvalue weighted by molar-refractivity contribution is 7.89. The summed E-state index contributed by atoms with van der Waals surface area (Å²) in [5.41, 5.74) is 5.89. The van der Waals surface area contributed by atoms with Gasteiger partial charge in [0, 0.05) is 30.6 Å². The Bertz CT molecular complexity index is 702. The van der Waals surface area contributed by atoms with Gasteiger partial charge >= 0.3 is 0 Å². The van der Waals surface area contributed by atoms with Gasteiger partial charge in [-0.3, -0.25) is 0 Å². The van der Waals surface area contributed by atoms with E-state index in [4.69, 9.17) is 5.73 Å². The summed E-state index contributed by atoms with van der Waals surface area (Å²) in [5.74, 6) is -0.671. The molecule has 2 aromatic rings. The van der Waals surface area contributed by atoms with E-state index in [0.29, 0.717) is 5.56 Å². The number of aromatic nitrogens is 1. The molecule has 3 N–H and O–H groups in total. The predicted molar refractivity (Wildman–Crippen MR) is 80.0 cm³/mol. The third-order valence-corrected chi connectivity index (χ3v) is 5.50. The second kappa shape index (κ2) is 6.61. The van der Waals surface area contributed by atoms with Crippen molar-refractivity contribution in [2.75, 3.05) is 6.54 Å². The summed E-state index contributed by atoms with van der Waals surface area (Å²) in [5, 5.41) is 2.68. The zero-order valence-corrected chi connectivity index (χ0v) is 13.0. The van der Waals surface area contributed by atoms with Gasteiger partial charge in [-0.05, 0) is 17.7 Å². The van der Waals surface area contributed by atoms with Crippen molar-refractivity contribution < 1.29 is 12.8 Å². The first-order valence-electron chi connectivity index (χ1n) is 6.31. The molecule has 1 aromatic heterocycles. The molecule has 1 heterocycles. The number of benzene rings is 1. The van der Waals surface area contributed by atoms with Gasteiger partial charge in [0.2, 0.25) is 10.0 Å². The molecule has 0 saturated heterocycles. The van der Waals surface area contributed by atoms with Crippen LogP contribution in [-0.4, -0.2) is 19.9 Å². The molecule has 5 nitrogen and oxygen atoms in total. The van der Waals surface area contributed by atoms with Crippen LogP contribution < -0.4 is 10.5 Å². The number of nitrogens with zero attached hydrogens (tertiary/aromatic N) is 1. The van der Waals surface area contributed by atoms with Gasteiger partial charge < -0.3 is 5.73 Å². The van der Waals surface area contributed by atoms with E-state index >= 15 is 0 Å². The first kappa shape index (κ1) is 16.0. The molecule has 114 valence electrons. The fourth-order valence-electron chi connectivity index (χ4n) is 1.82. The van der Waals surface area contributed by atoms with Crippen LogP contribution in [0.25, 0.3) is 0 Å². The number of hydrogen-bond acceptors (Lipinski definition) is 5. The molecule has 0 fully saturated rings. The summed E-state index contributed by atoms with van der Waals surface area (Å²) in [6.45, 7) is 2.09. The number of rotatable bonds is 6. The second-order valence-corrected chi connectivity index (χ2v) is 7.24. The van der Waals surface area contributed by atoms with E-state index in [9.17, 15) is 12.8 Å². The van der Waals surface area contributed by atoms with Crippen LogP contribution in [0.2, 0.25) is 0 Å². The minimum Gasteiger partial charge on any atom is -0.326 e. The zero-order valence-electron chi connectivity index (χ0n) is 11.4. The molecule has 0 saturated carbocycles. The summed E-state index contributed by atoms with van der Waals surface area (Å²) in [6, 6.07) is 3.56. The molecular formula is C13H16FN3O2S2. The molecule has 0 aliphatic rings. The third-order valence-electron chi connectivity index (χ3n) is 2.99. The van der Waals surface area contributed by atoms with Gasteiger partial charge in [0.15, 0.2) is 0 Å². The van der Waals surface area contributed by atoms with Gasteiger partial charge in [0.1, 0.15) is 5.82 Å². The lowest BCUT2D eigenvalue weighted by Gasteiger charge is -2.13. The number of thiazole rings is 1. The van der Waals surface area contributed by atoms with E-state index in [1.165, 1.54) is 23.5 Å². The van der Waals surface area contributed by atoms with Crippen LogP contribution in [0.3, 0.4) is 0 Å². The van der Waals surface area contributed by atoms with E-state index in [2.05, 4.69) is 9.71 Å². The monoisotopic (exact) mass is 329 g/mol. The summed E-state index contributed by atoms with van der Waals surface area (Å²) in [6.07, 6.45) is 1.67. The SMILES string of the molecule is CC(CNS(=O)(=O)c1cc(F)ccc1CN)c1nccs1. The molecule has 0 aliphatic carbocycles. The number of halogens is 1. The fourth-order valence-corrected chi connectivity index (χ4v) is 3.91. The standard InChI is InChI=1S/C13H16FN3O2S2/c1-9(13-16-4-5-20-13)8-17-21(18,19)12-6-11(14)3-2-10(12)7-15/h2-6,9,17H,7-8,15H2,1H3. The lowest BCUT2D eigenvalue weighted by atomic mass is 10.2. The Kier molecular flexibility index (Phi) is 5.04. The maximum atomic E-state index is 13.3. The first-order valence-corrected chi connectivity index (χ1v) is 8.68. The molecule has 0 spiro atoms. The molecule has 0 aliphatic heterocycles. The number of hydrogen-bond donors (Lipinski definition) is 2. The lowest BCUT2D eigenvalue weighted by Crippen LogP contribution is -2.29. The van der Waals surface area contributed by atoms with Crippen molar-refractivity contribution in [3.63, 3.8) is 0 Å². The van der Waals surface area contributed by atoms with Crippen molar-refractivity contribution in [2.24, 2.45) is 5.73 Å². The van der Waals surface area contributed by atoms with Crippen LogP contribution in [0.15, 0.2) is 34.7 Å². The maximum absolute atomic E-state index is 13.3. The van der Waals surface area contributed by atoms with Crippen LogP contribution in [0.1, 0.15) is 23.4 Å². The lowest BCUT2D eigenvalue weighted by molar-refractivity contribution is 0.569. The maximum Gasteiger partial charge on any atom is 0.241 e. The Labute approximate surface area is 127 Å². The summed E-state index contributed by atoms with van der Waals surface area (Å²) < 4.78 is 40.4. The molecule has 0 amide bonds. The molecule has 21 heavy (non-hydrogen) atoms. The Hall–Kier alpha value is -1.35. The smallest absolute Gasteiger partial charge is 0.241 e. The average molecular weight is 329 g/mol. The van der Waals surface area contributed by atoms with Gasteiger partial charge in [-0.25, -0.2) is 22.5 Å². The van der Waals surface area contributed by atoms with Crippen molar-refractivity contribution in [1.82, 2.24) is 9.71 Å². The van der Waals surface area contributed by atoms with E-state index in [1.807, 2.05) is 12.3 Å². The first-order chi connectivity index (χ1) is 9.94. The van der Waals surface area contributed by atoms with Crippen LogP contribution >= 0.6 is 11.3 Å². The Morgan fingerprint density at radius 3 is 2.86 bits per heavy atom. The number of sulfonamides is 1. The van der Waals surface area contributed by atoms with E-state index < -0.39 is 15.8 Å². The Balaban J connectivity index is 2.17. The third kappa shape index (κ3) is 3.85. The van der Waals surface area contributed by atoms with Crippen molar-refractivity contribution >= 4 is 21.4 Å². The summed E-state index contributed by atoms with van der Waals surface area (Å²) in [4.78, 5) is 4.03. The van der Waals surface area contributed by atoms with Crippen LogP contribution in [0.4, 0.5) is 4.39 Å². The van der Waals surface area contributed by atoms with Crippen LogP contribution in [0, 0.1) is 5.82 Å². The quantitative estimate of drug-likeness (QED) is 0.846. The van der Waals surface area contributed by atoms with E-state index in [-0.39, 0.29) is 23.9 Å². The minimum atomic E-state index is -3.80. The molecule has 1 aromatic carbocycles. The Morgan fingerprint density at radius 2 is 2.24 bits per heavy atom. The van der Waals surface area contributed by atoms with Crippen molar-refractivity contribution in [3.8, 4) is 0 Å². The summed E-state index contributed by atoms with van der Waals surface area (Å²) >= 11 is 1.46. The van der Waals surface area contributed by atoms with E-state index in [1.54, 1.807) is 6.20 Å². The van der Waals surface area contributed by atoms with Gasteiger partial charge in [0.25, 0.3) is 0 Å².